The molecule has 1 amide bonds. The summed E-state index contributed by atoms with van der Waals surface area (Å²) in [6, 6.07) is 0. The lowest BCUT2D eigenvalue weighted by atomic mass is 10.5. The van der Waals surface area contributed by atoms with Gasteiger partial charge in [0.05, 0.1) is 24.7 Å². The fourth-order valence-electron chi connectivity index (χ4n) is 1.11. The van der Waals surface area contributed by atoms with Gasteiger partial charge in [-0.25, -0.2) is 4.98 Å². The summed E-state index contributed by atoms with van der Waals surface area (Å²) in [7, 11) is 1.63. The van der Waals surface area contributed by atoms with Crippen LogP contribution in [0.2, 0.25) is 0 Å². The fourth-order valence-corrected chi connectivity index (χ4v) is 1.85. The maximum atomic E-state index is 11.4. The fraction of sp³-hybridized carbons (Fsp3) is 0.600. The summed E-state index contributed by atoms with van der Waals surface area (Å²) in [5, 5.41) is 6.81. The van der Waals surface area contributed by atoms with Crippen LogP contribution in [0.25, 0.3) is 0 Å². The zero-order valence-corrected chi connectivity index (χ0v) is 10.4. The maximum absolute atomic E-state index is 11.4. The van der Waals surface area contributed by atoms with E-state index in [9.17, 15) is 4.79 Å². The number of aromatic nitrogens is 1. The summed E-state index contributed by atoms with van der Waals surface area (Å²) in [6.45, 7) is 4.12. The van der Waals surface area contributed by atoms with Crippen molar-refractivity contribution in [2.24, 2.45) is 0 Å². The topological polar surface area (TPSA) is 63.2 Å². The van der Waals surface area contributed by atoms with Crippen LogP contribution in [0.4, 0.5) is 0 Å². The molecule has 0 fully saturated rings. The summed E-state index contributed by atoms with van der Waals surface area (Å²) in [5.41, 5.74) is 0. The quantitative estimate of drug-likeness (QED) is 0.676. The SMILES string of the molecule is COCCNCC(=O)NCc1cnc(C)s1. The molecule has 0 radical (unpaired) electrons. The second-order valence-electron chi connectivity index (χ2n) is 3.29. The first-order valence-corrected chi connectivity index (χ1v) is 5.91. The lowest BCUT2D eigenvalue weighted by Gasteiger charge is -2.04. The van der Waals surface area contributed by atoms with Crippen molar-refractivity contribution in [1.82, 2.24) is 15.6 Å². The molecule has 1 aromatic heterocycles. The average molecular weight is 243 g/mol. The highest BCUT2D eigenvalue weighted by Crippen LogP contribution is 2.10. The van der Waals surface area contributed by atoms with Crippen molar-refractivity contribution < 1.29 is 9.53 Å². The van der Waals surface area contributed by atoms with Crippen LogP contribution < -0.4 is 10.6 Å². The van der Waals surface area contributed by atoms with Gasteiger partial charge in [0, 0.05) is 24.7 Å². The van der Waals surface area contributed by atoms with Gasteiger partial charge >= 0.3 is 0 Å². The molecule has 0 aliphatic heterocycles. The molecule has 0 atom stereocenters. The lowest BCUT2D eigenvalue weighted by Crippen LogP contribution is -2.34. The average Bonchev–Trinajstić information content (AvgIpc) is 2.68. The number of hydrogen-bond acceptors (Lipinski definition) is 5. The summed E-state index contributed by atoms with van der Waals surface area (Å²) in [6.07, 6.45) is 1.79. The minimum absolute atomic E-state index is 0.0119. The minimum atomic E-state index is -0.0119. The number of thiazole rings is 1. The first-order valence-electron chi connectivity index (χ1n) is 5.10. The Morgan fingerprint density at radius 3 is 3.06 bits per heavy atom. The molecule has 16 heavy (non-hydrogen) atoms. The van der Waals surface area contributed by atoms with Crippen molar-refractivity contribution >= 4 is 17.2 Å². The molecule has 0 unspecified atom stereocenters. The van der Waals surface area contributed by atoms with E-state index in [4.69, 9.17) is 4.74 Å². The first-order chi connectivity index (χ1) is 7.72. The molecule has 0 saturated heterocycles. The molecule has 0 aromatic carbocycles. The Bertz CT molecular complexity index is 328. The van der Waals surface area contributed by atoms with Crippen molar-refractivity contribution in [2.75, 3.05) is 26.8 Å². The van der Waals surface area contributed by atoms with E-state index in [2.05, 4.69) is 15.6 Å². The zero-order valence-electron chi connectivity index (χ0n) is 9.58. The standard InChI is InChI=1S/C10H17N3O2S/c1-8-12-5-9(16-8)6-13-10(14)7-11-3-4-15-2/h5,11H,3-4,6-7H2,1-2H3,(H,13,14). The largest absolute Gasteiger partial charge is 0.383 e. The normalized spacial score (nSPS) is 10.4. The predicted octanol–water partition coefficient (Wildman–Crippen LogP) is 0.304. The van der Waals surface area contributed by atoms with Gasteiger partial charge in [0.15, 0.2) is 0 Å². The highest BCUT2D eigenvalue weighted by Gasteiger charge is 2.02. The van der Waals surface area contributed by atoms with Crippen molar-refractivity contribution in [1.29, 1.82) is 0 Å². The molecule has 0 bridgehead atoms. The molecule has 1 rings (SSSR count). The van der Waals surface area contributed by atoms with Crippen molar-refractivity contribution in [3.05, 3.63) is 16.1 Å². The van der Waals surface area contributed by atoms with Gasteiger partial charge in [-0.1, -0.05) is 0 Å². The van der Waals surface area contributed by atoms with Gasteiger partial charge in [0.25, 0.3) is 0 Å². The van der Waals surface area contributed by atoms with Gasteiger partial charge < -0.3 is 15.4 Å². The Morgan fingerprint density at radius 2 is 2.44 bits per heavy atom. The molecule has 6 heteroatoms. The van der Waals surface area contributed by atoms with Crippen LogP contribution in [0, 0.1) is 6.92 Å². The Morgan fingerprint density at radius 1 is 1.62 bits per heavy atom. The molecular formula is C10H17N3O2S. The number of ether oxygens (including phenoxy) is 1. The van der Waals surface area contributed by atoms with E-state index < -0.39 is 0 Å². The number of nitrogens with one attached hydrogen (secondary N) is 2. The highest BCUT2D eigenvalue weighted by atomic mass is 32.1. The highest BCUT2D eigenvalue weighted by molar-refractivity contribution is 7.11. The van der Waals surface area contributed by atoms with E-state index in [1.807, 2.05) is 6.92 Å². The number of nitrogens with zero attached hydrogens (tertiary/aromatic N) is 1. The molecule has 0 aliphatic carbocycles. The van der Waals surface area contributed by atoms with Crippen LogP contribution >= 0.6 is 11.3 Å². The Labute approximate surface area is 99.2 Å². The number of carbonyl (C=O) groups excluding carboxylic acids is 1. The Hall–Kier alpha value is -0.980. The summed E-state index contributed by atoms with van der Waals surface area (Å²) < 4.78 is 4.85. The number of aryl methyl sites for hydroxylation is 1. The predicted molar refractivity (Wildman–Crippen MR) is 63.4 cm³/mol. The molecule has 1 heterocycles. The van der Waals surface area contributed by atoms with Crippen LogP contribution in [0.5, 0.6) is 0 Å². The van der Waals surface area contributed by atoms with Gasteiger partial charge in [-0.15, -0.1) is 11.3 Å². The number of rotatable bonds is 7. The van der Waals surface area contributed by atoms with Crippen LogP contribution in [0.15, 0.2) is 6.20 Å². The smallest absolute Gasteiger partial charge is 0.234 e. The molecule has 1 aromatic rings. The van der Waals surface area contributed by atoms with Gasteiger partial charge in [-0.2, -0.15) is 0 Å². The molecule has 2 N–H and O–H groups in total. The monoisotopic (exact) mass is 243 g/mol. The van der Waals surface area contributed by atoms with E-state index in [1.54, 1.807) is 24.6 Å². The number of hydrogen-bond donors (Lipinski definition) is 2. The molecule has 5 nitrogen and oxygen atoms in total. The van der Waals surface area contributed by atoms with E-state index in [0.717, 1.165) is 9.88 Å². The molecule has 90 valence electrons. The number of carbonyl (C=O) groups is 1. The van der Waals surface area contributed by atoms with E-state index >= 15 is 0 Å². The van der Waals surface area contributed by atoms with Crippen molar-refractivity contribution in [2.45, 2.75) is 13.5 Å². The van der Waals surface area contributed by atoms with Gasteiger partial charge in [0.2, 0.25) is 5.91 Å². The maximum Gasteiger partial charge on any atom is 0.234 e. The van der Waals surface area contributed by atoms with Crippen molar-refractivity contribution in [3.8, 4) is 0 Å². The van der Waals surface area contributed by atoms with Gasteiger partial charge in [-0.05, 0) is 6.92 Å². The van der Waals surface area contributed by atoms with Crippen molar-refractivity contribution in [3.63, 3.8) is 0 Å². The summed E-state index contributed by atoms with van der Waals surface area (Å²) in [4.78, 5) is 16.5. The minimum Gasteiger partial charge on any atom is -0.383 e. The third-order valence-electron chi connectivity index (χ3n) is 1.90. The van der Waals surface area contributed by atoms with Gasteiger partial charge in [-0.3, -0.25) is 4.79 Å². The third kappa shape index (κ3) is 5.20. The second kappa shape index (κ2) is 7.32. The number of methoxy groups -OCH3 is 1. The zero-order chi connectivity index (χ0) is 11.8. The first kappa shape index (κ1) is 13.1. The molecular weight excluding hydrogens is 226 g/mol. The van der Waals surface area contributed by atoms with E-state index in [-0.39, 0.29) is 5.91 Å². The summed E-state index contributed by atoms with van der Waals surface area (Å²) >= 11 is 1.60. The Balaban J connectivity index is 2.10. The molecule has 0 aliphatic rings. The van der Waals surface area contributed by atoms with Crippen LogP contribution in [0.1, 0.15) is 9.88 Å². The lowest BCUT2D eigenvalue weighted by molar-refractivity contribution is -0.120. The second-order valence-corrected chi connectivity index (χ2v) is 4.61. The third-order valence-corrected chi connectivity index (χ3v) is 2.81. The molecule has 0 spiro atoms. The van der Waals surface area contributed by atoms with E-state index in [1.165, 1.54) is 0 Å². The molecule has 0 saturated carbocycles. The van der Waals surface area contributed by atoms with E-state index in [0.29, 0.717) is 26.2 Å². The Kier molecular flexibility index (Phi) is 5.99. The number of amides is 1. The van der Waals surface area contributed by atoms with Crippen LogP contribution in [-0.4, -0.2) is 37.7 Å². The van der Waals surface area contributed by atoms with Gasteiger partial charge in [0.1, 0.15) is 0 Å². The van der Waals surface area contributed by atoms with Crippen LogP contribution in [0.3, 0.4) is 0 Å². The van der Waals surface area contributed by atoms with Crippen LogP contribution in [-0.2, 0) is 16.1 Å². The summed E-state index contributed by atoms with van der Waals surface area (Å²) in [5.74, 6) is -0.0119.